The van der Waals surface area contributed by atoms with Gasteiger partial charge in [-0.2, -0.15) is 0 Å². The first kappa shape index (κ1) is 68.3. The Bertz CT molecular complexity index is 1430. The highest BCUT2D eigenvalue weighted by Gasteiger charge is 2.19. The summed E-state index contributed by atoms with van der Waals surface area (Å²) in [4.78, 5) is 38.0. The Hall–Kier alpha value is -3.67. The second-order valence-corrected chi connectivity index (χ2v) is 19.9. The lowest BCUT2D eigenvalue weighted by atomic mass is 10.0. The molecule has 6 heteroatoms. The average Bonchev–Trinajstić information content (AvgIpc) is 3.38. The Labute approximate surface area is 445 Å². The molecule has 6 nitrogen and oxygen atoms in total. The monoisotopic (exact) mass is 1000 g/mol. The fraction of sp³-hybridized carbons (Fsp3) is 0.712. The first-order chi connectivity index (χ1) is 35.5. The molecule has 0 amide bonds. The van der Waals surface area contributed by atoms with Crippen molar-refractivity contribution in [3.63, 3.8) is 0 Å². The molecule has 0 N–H and O–H groups in total. The van der Waals surface area contributed by atoms with E-state index in [4.69, 9.17) is 14.2 Å². The number of unbranched alkanes of at least 4 members (excludes halogenated alkanes) is 27. The lowest BCUT2D eigenvalue weighted by Crippen LogP contribution is -2.30. The van der Waals surface area contributed by atoms with Crippen molar-refractivity contribution in [1.82, 2.24) is 0 Å². The molecule has 0 radical (unpaired) electrons. The van der Waals surface area contributed by atoms with Crippen LogP contribution in [0.25, 0.3) is 0 Å². The second-order valence-electron chi connectivity index (χ2n) is 19.9. The molecule has 0 aliphatic rings. The summed E-state index contributed by atoms with van der Waals surface area (Å²) < 4.78 is 16.8. The predicted octanol–water partition coefficient (Wildman–Crippen LogP) is 20.5. The zero-order chi connectivity index (χ0) is 52.2. The van der Waals surface area contributed by atoms with E-state index in [2.05, 4.69) is 118 Å². The SMILES string of the molecule is CC/C=C\C/C=C\C/C=C\C/C=C\C/C=C\C/C=C\C/C=C\C/C=C\CCCCC(=O)OCC(COC(=O)CCCCCCCCCC)OC(=O)CCCCCCCCCCCCCCCCCCCCC. The number of carbonyl (C=O) groups excluding carboxylic acids is 3. The van der Waals surface area contributed by atoms with Crippen LogP contribution in [-0.2, 0) is 28.6 Å². The highest BCUT2D eigenvalue weighted by Crippen LogP contribution is 2.16. The Kier molecular flexibility index (Phi) is 56.8. The van der Waals surface area contributed by atoms with E-state index in [-0.39, 0.29) is 31.1 Å². The maximum atomic E-state index is 12.8. The Morgan fingerprint density at radius 2 is 0.542 bits per heavy atom. The van der Waals surface area contributed by atoms with E-state index < -0.39 is 6.10 Å². The molecular weight excluding hydrogens is 889 g/mol. The van der Waals surface area contributed by atoms with E-state index in [1.807, 2.05) is 0 Å². The fourth-order valence-electron chi connectivity index (χ4n) is 8.34. The molecule has 412 valence electrons. The summed E-state index contributed by atoms with van der Waals surface area (Å²) in [6.45, 7) is 6.48. The molecule has 0 aromatic carbocycles. The molecule has 0 fully saturated rings. The van der Waals surface area contributed by atoms with Crippen molar-refractivity contribution < 1.29 is 28.6 Å². The summed E-state index contributed by atoms with van der Waals surface area (Å²) in [6.07, 6.45) is 79.9. The number of carbonyl (C=O) groups is 3. The smallest absolute Gasteiger partial charge is 0.306 e. The molecule has 0 saturated carbocycles. The second kappa shape index (κ2) is 59.9. The summed E-state index contributed by atoms with van der Waals surface area (Å²) in [5.41, 5.74) is 0. The van der Waals surface area contributed by atoms with Gasteiger partial charge >= 0.3 is 17.9 Å². The lowest BCUT2D eigenvalue weighted by Gasteiger charge is -2.18. The summed E-state index contributed by atoms with van der Waals surface area (Å²) in [5.74, 6) is -0.931. The van der Waals surface area contributed by atoms with Crippen molar-refractivity contribution in [2.75, 3.05) is 13.2 Å². The van der Waals surface area contributed by atoms with Gasteiger partial charge < -0.3 is 14.2 Å². The molecule has 0 spiro atoms. The van der Waals surface area contributed by atoms with Gasteiger partial charge in [0.15, 0.2) is 6.10 Å². The minimum absolute atomic E-state index is 0.0886. The maximum Gasteiger partial charge on any atom is 0.306 e. The van der Waals surface area contributed by atoms with Crippen molar-refractivity contribution in [2.24, 2.45) is 0 Å². The van der Waals surface area contributed by atoms with Crippen LogP contribution in [0.3, 0.4) is 0 Å². The van der Waals surface area contributed by atoms with Crippen LogP contribution in [0.15, 0.2) is 97.2 Å². The van der Waals surface area contributed by atoms with Crippen molar-refractivity contribution >= 4 is 17.9 Å². The van der Waals surface area contributed by atoms with Crippen LogP contribution in [0.4, 0.5) is 0 Å². The summed E-state index contributed by atoms with van der Waals surface area (Å²) in [7, 11) is 0. The molecule has 0 aliphatic heterocycles. The average molecular weight is 1000 g/mol. The quantitative estimate of drug-likeness (QED) is 0.0261. The van der Waals surface area contributed by atoms with E-state index in [0.717, 1.165) is 109 Å². The zero-order valence-electron chi connectivity index (χ0n) is 47.2. The number of esters is 3. The maximum absolute atomic E-state index is 12.8. The zero-order valence-corrected chi connectivity index (χ0v) is 47.2. The van der Waals surface area contributed by atoms with Crippen molar-refractivity contribution in [3.8, 4) is 0 Å². The van der Waals surface area contributed by atoms with Gasteiger partial charge in [0, 0.05) is 19.3 Å². The summed E-state index contributed by atoms with van der Waals surface area (Å²) in [5, 5.41) is 0. The Balaban J connectivity index is 4.30. The molecule has 0 heterocycles. The van der Waals surface area contributed by atoms with Gasteiger partial charge in [0.05, 0.1) is 0 Å². The molecule has 0 bridgehead atoms. The highest BCUT2D eigenvalue weighted by atomic mass is 16.6. The minimum Gasteiger partial charge on any atom is -0.462 e. The molecule has 1 atom stereocenters. The van der Waals surface area contributed by atoms with E-state index in [1.165, 1.54) is 135 Å². The predicted molar refractivity (Wildman–Crippen MR) is 311 cm³/mol. The number of hydrogen-bond donors (Lipinski definition) is 0. The number of hydrogen-bond acceptors (Lipinski definition) is 6. The molecule has 72 heavy (non-hydrogen) atoms. The summed E-state index contributed by atoms with van der Waals surface area (Å²) >= 11 is 0. The molecule has 0 aliphatic carbocycles. The fourth-order valence-corrected chi connectivity index (χ4v) is 8.34. The van der Waals surface area contributed by atoms with Gasteiger partial charge in [-0.1, -0.05) is 279 Å². The van der Waals surface area contributed by atoms with E-state index in [1.54, 1.807) is 0 Å². The third-order valence-corrected chi connectivity index (χ3v) is 12.9. The van der Waals surface area contributed by atoms with Crippen LogP contribution < -0.4 is 0 Å². The van der Waals surface area contributed by atoms with Gasteiger partial charge in [-0.25, -0.2) is 0 Å². The minimum atomic E-state index is -0.792. The molecule has 1 unspecified atom stereocenters. The topological polar surface area (TPSA) is 78.9 Å². The number of allylic oxidation sites excluding steroid dienone is 16. The third kappa shape index (κ3) is 57.2. The van der Waals surface area contributed by atoms with Crippen molar-refractivity contribution in [3.05, 3.63) is 97.2 Å². The lowest BCUT2D eigenvalue weighted by molar-refractivity contribution is -0.167. The van der Waals surface area contributed by atoms with Gasteiger partial charge in [0.1, 0.15) is 13.2 Å². The molecule has 0 aromatic rings. The van der Waals surface area contributed by atoms with E-state index >= 15 is 0 Å². The third-order valence-electron chi connectivity index (χ3n) is 12.9. The molecule has 0 aromatic heterocycles. The van der Waals surface area contributed by atoms with Gasteiger partial charge in [0.2, 0.25) is 0 Å². The highest BCUT2D eigenvalue weighted by molar-refractivity contribution is 5.71. The van der Waals surface area contributed by atoms with Crippen LogP contribution in [0.5, 0.6) is 0 Å². The van der Waals surface area contributed by atoms with Gasteiger partial charge in [-0.15, -0.1) is 0 Å². The van der Waals surface area contributed by atoms with Crippen molar-refractivity contribution in [1.29, 1.82) is 0 Å². The molecule has 0 saturated heterocycles. The van der Waals surface area contributed by atoms with Crippen molar-refractivity contribution in [2.45, 2.75) is 290 Å². The molecule has 0 rings (SSSR count). The van der Waals surface area contributed by atoms with Gasteiger partial charge in [-0.3, -0.25) is 14.4 Å². The van der Waals surface area contributed by atoms with Crippen LogP contribution in [0.2, 0.25) is 0 Å². The van der Waals surface area contributed by atoms with E-state index in [9.17, 15) is 14.4 Å². The van der Waals surface area contributed by atoms with Crippen LogP contribution in [-0.4, -0.2) is 37.2 Å². The largest absolute Gasteiger partial charge is 0.462 e. The Morgan fingerprint density at radius 3 is 0.847 bits per heavy atom. The Morgan fingerprint density at radius 1 is 0.292 bits per heavy atom. The first-order valence-electron chi connectivity index (χ1n) is 30.2. The molecular formula is C66H112O6. The normalized spacial score (nSPS) is 12.8. The van der Waals surface area contributed by atoms with Crippen LogP contribution in [0, 0.1) is 0 Å². The van der Waals surface area contributed by atoms with E-state index in [0.29, 0.717) is 19.3 Å². The number of ether oxygens (including phenoxy) is 3. The number of rotatable bonds is 54. The van der Waals surface area contributed by atoms with Crippen LogP contribution in [0.1, 0.15) is 284 Å². The van der Waals surface area contributed by atoms with Crippen LogP contribution >= 0.6 is 0 Å². The van der Waals surface area contributed by atoms with Gasteiger partial charge in [0.25, 0.3) is 0 Å². The standard InChI is InChI=1S/C66H112O6/c1-4-7-10-13-16-19-21-23-25-27-29-30-31-32-33-34-35-36-38-39-41-43-45-47-50-53-56-59-65(68)71-62-63(61-70-64(67)58-55-52-49-18-15-12-9-6-3)72-66(69)60-57-54-51-48-46-44-42-40-37-28-26-24-22-20-17-14-11-8-5-2/h7,10,16,19,23,25,29-30,32-33,35-36,39,41,45,47,63H,4-6,8-9,11-15,17-18,20-22,24,26-28,31,34,37-38,40,42-44,46,48-62H2,1-3H3/b10-7-,19-16-,25-23-,30-29-,33-32-,36-35-,41-39-,47-45-. The van der Waals surface area contributed by atoms with Gasteiger partial charge in [-0.05, 0) is 83.5 Å². The summed E-state index contributed by atoms with van der Waals surface area (Å²) in [6, 6.07) is 0. The first-order valence-corrected chi connectivity index (χ1v) is 30.2.